The number of rotatable bonds is 3. The fraction of sp³-hybridized carbons (Fsp3) is 0.583. The van der Waals surface area contributed by atoms with Gasteiger partial charge in [0.05, 0.1) is 18.3 Å². The molecule has 1 aliphatic heterocycles. The van der Waals surface area contributed by atoms with Gasteiger partial charge in [-0.3, -0.25) is 4.90 Å². The molecule has 0 aromatic carbocycles. The third kappa shape index (κ3) is 2.15. The predicted molar refractivity (Wildman–Crippen MR) is 62.7 cm³/mol. The van der Waals surface area contributed by atoms with Crippen LogP contribution in [0.4, 0.5) is 0 Å². The molecule has 6 heteroatoms. The van der Waals surface area contributed by atoms with Gasteiger partial charge in [0.25, 0.3) is 0 Å². The molecule has 1 saturated heterocycles. The van der Waals surface area contributed by atoms with Crippen LogP contribution in [0.2, 0.25) is 0 Å². The van der Waals surface area contributed by atoms with Crippen molar-refractivity contribution in [3.63, 3.8) is 0 Å². The number of aryl methyl sites for hydroxylation is 2. The van der Waals surface area contributed by atoms with Crippen molar-refractivity contribution in [3.8, 4) is 0 Å². The van der Waals surface area contributed by atoms with Crippen LogP contribution in [0, 0.1) is 13.8 Å². The van der Waals surface area contributed by atoms with Gasteiger partial charge in [-0.1, -0.05) is 5.16 Å². The molecule has 18 heavy (non-hydrogen) atoms. The fourth-order valence-electron chi connectivity index (χ4n) is 2.45. The highest BCUT2D eigenvalue weighted by atomic mass is 16.5. The highest BCUT2D eigenvalue weighted by molar-refractivity contribution is 5.09. The van der Waals surface area contributed by atoms with E-state index in [-0.39, 0.29) is 6.04 Å². The molecule has 0 unspecified atom stereocenters. The number of nitrogens with zero attached hydrogens (tertiary/aromatic N) is 4. The van der Waals surface area contributed by atoms with Crippen LogP contribution in [0.1, 0.15) is 42.1 Å². The summed E-state index contributed by atoms with van der Waals surface area (Å²) in [6, 6.07) is 2.28. The van der Waals surface area contributed by atoms with Gasteiger partial charge >= 0.3 is 0 Å². The molecule has 1 atom stereocenters. The largest absolute Gasteiger partial charge is 0.424 e. The molecule has 0 spiro atoms. The highest BCUT2D eigenvalue weighted by Gasteiger charge is 2.30. The minimum absolute atomic E-state index is 0.276. The average Bonchev–Trinajstić information content (AvgIpc) is 3.01. The van der Waals surface area contributed by atoms with Crippen molar-refractivity contribution < 1.29 is 8.94 Å². The second-order valence-corrected chi connectivity index (χ2v) is 4.71. The van der Waals surface area contributed by atoms with Crippen LogP contribution in [0.25, 0.3) is 0 Å². The van der Waals surface area contributed by atoms with Crippen molar-refractivity contribution in [3.05, 3.63) is 29.3 Å². The van der Waals surface area contributed by atoms with Crippen LogP contribution < -0.4 is 0 Å². The van der Waals surface area contributed by atoms with E-state index in [9.17, 15) is 0 Å². The van der Waals surface area contributed by atoms with E-state index >= 15 is 0 Å². The Morgan fingerprint density at radius 1 is 1.39 bits per heavy atom. The van der Waals surface area contributed by atoms with Crippen LogP contribution in [0.3, 0.4) is 0 Å². The maximum Gasteiger partial charge on any atom is 0.230 e. The van der Waals surface area contributed by atoms with E-state index in [1.165, 1.54) is 0 Å². The molecular formula is C12H16N4O2. The molecule has 6 nitrogen and oxygen atoms in total. The molecule has 0 radical (unpaired) electrons. The third-order valence-electron chi connectivity index (χ3n) is 3.24. The van der Waals surface area contributed by atoms with Gasteiger partial charge in [-0.2, -0.15) is 0 Å². The van der Waals surface area contributed by atoms with Crippen molar-refractivity contribution in [2.75, 3.05) is 6.54 Å². The van der Waals surface area contributed by atoms with Crippen LogP contribution in [0.5, 0.6) is 0 Å². The SMILES string of the molecule is Cc1cc([C@H]2CCCN2Cc2nnc(C)o2)on1. The minimum Gasteiger partial charge on any atom is -0.424 e. The first kappa shape index (κ1) is 11.4. The first-order valence-electron chi connectivity index (χ1n) is 6.18. The number of aromatic nitrogens is 3. The zero-order chi connectivity index (χ0) is 12.5. The van der Waals surface area contributed by atoms with Gasteiger partial charge in [-0.05, 0) is 26.3 Å². The topological polar surface area (TPSA) is 68.2 Å². The van der Waals surface area contributed by atoms with Crippen LogP contribution in [-0.4, -0.2) is 26.8 Å². The van der Waals surface area contributed by atoms with E-state index in [1.54, 1.807) is 6.92 Å². The van der Waals surface area contributed by atoms with Gasteiger partial charge in [0.15, 0.2) is 5.76 Å². The van der Waals surface area contributed by atoms with Crippen LogP contribution in [-0.2, 0) is 6.54 Å². The second kappa shape index (κ2) is 4.53. The Labute approximate surface area is 105 Å². The van der Waals surface area contributed by atoms with Gasteiger partial charge < -0.3 is 8.94 Å². The summed E-state index contributed by atoms with van der Waals surface area (Å²) in [5.74, 6) is 2.20. The zero-order valence-corrected chi connectivity index (χ0v) is 10.6. The molecule has 2 aromatic heterocycles. The molecular weight excluding hydrogens is 232 g/mol. The summed E-state index contributed by atoms with van der Waals surface area (Å²) < 4.78 is 10.8. The maximum atomic E-state index is 5.42. The molecule has 1 fully saturated rings. The normalized spacial score (nSPS) is 20.7. The van der Waals surface area contributed by atoms with Crippen molar-refractivity contribution in [1.29, 1.82) is 0 Å². The summed E-state index contributed by atoms with van der Waals surface area (Å²) in [6.07, 6.45) is 2.24. The van der Waals surface area contributed by atoms with E-state index in [0.29, 0.717) is 18.3 Å². The summed E-state index contributed by atoms with van der Waals surface area (Å²) in [5, 5.41) is 11.8. The molecule has 0 amide bonds. The molecule has 0 saturated carbocycles. The predicted octanol–water partition coefficient (Wildman–Crippen LogP) is 2.01. The number of hydrogen-bond acceptors (Lipinski definition) is 6. The Bertz CT molecular complexity index is 534. The first-order chi connectivity index (χ1) is 8.72. The fourth-order valence-corrected chi connectivity index (χ4v) is 2.45. The first-order valence-corrected chi connectivity index (χ1v) is 6.18. The second-order valence-electron chi connectivity index (χ2n) is 4.71. The molecule has 0 bridgehead atoms. The van der Waals surface area contributed by atoms with Crippen LogP contribution >= 0.6 is 0 Å². The zero-order valence-electron chi connectivity index (χ0n) is 10.6. The van der Waals surface area contributed by atoms with Gasteiger partial charge in [0.1, 0.15) is 0 Å². The molecule has 3 rings (SSSR count). The van der Waals surface area contributed by atoms with Gasteiger partial charge in [-0.15, -0.1) is 10.2 Å². The van der Waals surface area contributed by atoms with Gasteiger partial charge in [0, 0.05) is 13.0 Å². The smallest absolute Gasteiger partial charge is 0.230 e. The standard InChI is InChI=1S/C12H16N4O2/c1-8-6-11(18-15-8)10-4-3-5-16(10)7-12-14-13-9(2)17-12/h6,10H,3-5,7H2,1-2H3/t10-/m1/s1. The molecule has 0 N–H and O–H groups in total. The summed E-state index contributed by atoms with van der Waals surface area (Å²) >= 11 is 0. The van der Waals surface area contributed by atoms with Gasteiger partial charge in [0.2, 0.25) is 11.8 Å². The lowest BCUT2D eigenvalue weighted by Crippen LogP contribution is -2.22. The van der Waals surface area contributed by atoms with E-state index < -0.39 is 0 Å². The Balaban J connectivity index is 1.75. The third-order valence-corrected chi connectivity index (χ3v) is 3.24. The lowest BCUT2D eigenvalue weighted by atomic mass is 10.1. The summed E-state index contributed by atoms with van der Waals surface area (Å²) in [4.78, 5) is 2.30. The van der Waals surface area contributed by atoms with Crippen molar-refractivity contribution in [1.82, 2.24) is 20.3 Å². The summed E-state index contributed by atoms with van der Waals surface area (Å²) in [6.45, 7) is 5.43. The molecule has 2 aromatic rings. The summed E-state index contributed by atoms with van der Waals surface area (Å²) in [7, 11) is 0. The van der Waals surface area contributed by atoms with Crippen LogP contribution in [0.15, 0.2) is 15.0 Å². The quantitative estimate of drug-likeness (QED) is 0.827. The van der Waals surface area contributed by atoms with E-state index in [1.807, 2.05) is 13.0 Å². The monoisotopic (exact) mass is 248 g/mol. The van der Waals surface area contributed by atoms with Crippen molar-refractivity contribution >= 4 is 0 Å². The Kier molecular flexibility index (Phi) is 2.87. The Hall–Kier alpha value is -1.69. The number of hydrogen-bond donors (Lipinski definition) is 0. The Morgan fingerprint density at radius 2 is 2.28 bits per heavy atom. The molecule has 3 heterocycles. The highest BCUT2D eigenvalue weighted by Crippen LogP contribution is 2.33. The minimum atomic E-state index is 0.276. The molecule has 1 aliphatic rings. The Morgan fingerprint density at radius 3 is 2.94 bits per heavy atom. The molecule has 96 valence electrons. The van der Waals surface area contributed by atoms with E-state index in [0.717, 1.165) is 30.8 Å². The number of likely N-dealkylation sites (tertiary alicyclic amines) is 1. The average molecular weight is 248 g/mol. The van der Waals surface area contributed by atoms with E-state index in [2.05, 4.69) is 20.3 Å². The van der Waals surface area contributed by atoms with Crippen molar-refractivity contribution in [2.45, 2.75) is 39.3 Å². The van der Waals surface area contributed by atoms with E-state index in [4.69, 9.17) is 8.94 Å². The lowest BCUT2D eigenvalue weighted by Gasteiger charge is -2.19. The van der Waals surface area contributed by atoms with Gasteiger partial charge in [-0.25, -0.2) is 0 Å². The lowest BCUT2D eigenvalue weighted by molar-refractivity contribution is 0.189. The van der Waals surface area contributed by atoms with Crippen molar-refractivity contribution in [2.24, 2.45) is 0 Å². The summed E-state index contributed by atoms with van der Waals surface area (Å²) in [5.41, 5.74) is 0.922. The molecule has 0 aliphatic carbocycles. The maximum absolute atomic E-state index is 5.42.